The predicted octanol–water partition coefficient (Wildman–Crippen LogP) is 3.75. The van der Waals surface area contributed by atoms with E-state index in [4.69, 9.17) is 4.74 Å². The van der Waals surface area contributed by atoms with Gasteiger partial charge in [0.1, 0.15) is 5.75 Å². The van der Waals surface area contributed by atoms with Crippen LogP contribution < -0.4 is 10.1 Å². The molecule has 1 aliphatic rings. The summed E-state index contributed by atoms with van der Waals surface area (Å²) in [5.41, 5.74) is 0.754. The van der Waals surface area contributed by atoms with Gasteiger partial charge in [-0.3, -0.25) is 0 Å². The zero-order valence-electron chi connectivity index (χ0n) is 12.5. The normalized spacial score (nSPS) is 23.5. The van der Waals surface area contributed by atoms with Gasteiger partial charge in [0, 0.05) is 24.8 Å². The Hall–Kier alpha value is -1.20. The number of ether oxygens (including phenoxy) is 2. The fourth-order valence-corrected chi connectivity index (χ4v) is 2.86. The molecule has 0 aliphatic carbocycles. The first-order valence-electron chi connectivity index (χ1n) is 7.50. The van der Waals surface area contributed by atoms with Gasteiger partial charge in [-0.1, -0.05) is 25.1 Å². The summed E-state index contributed by atoms with van der Waals surface area (Å²) in [4.78, 5) is 0. The zero-order chi connectivity index (χ0) is 15.2. The first kappa shape index (κ1) is 16.2. The molecule has 1 saturated heterocycles. The third kappa shape index (κ3) is 4.38. The Morgan fingerprint density at radius 3 is 2.86 bits per heavy atom. The smallest absolute Gasteiger partial charge is 0.387 e. The minimum Gasteiger partial charge on any atom is -0.434 e. The van der Waals surface area contributed by atoms with Crippen molar-refractivity contribution in [2.24, 2.45) is 5.92 Å². The molecule has 2 rings (SSSR count). The number of hydrogen-bond donors (Lipinski definition) is 1. The maximum absolute atomic E-state index is 12.4. The third-order valence-corrected chi connectivity index (χ3v) is 4.04. The van der Waals surface area contributed by atoms with Crippen molar-refractivity contribution >= 4 is 0 Å². The topological polar surface area (TPSA) is 30.5 Å². The van der Waals surface area contributed by atoms with Crippen LogP contribution in [0.1, 0.15) is 38.3 Å². The second kappa shape index (κ2) is 7.71. The van der Waals surface area contributed by atoms with Gasteiger partial charge in [0.15, 0.2) is 0 Å². The number of nitrogens with one attached hydrogen (secondary N) is 1. The Bertz CT molecular complexity index is 442. The molecule has 0 spiro atoms. The molecule has 0 radical (unpaired) electrons. The molecule has 5 heteroatoms. The van der Waals surface area contributed by atoms with Crippen LogP contribution in [0.25, 0.3) is 0 Å². The molecule has 3 atom stereocenters. The highest BCUT2D eigenvalue weighted by atomic mass is 19.3. The highest BCUT2D eigenvalue weighted by Gasteiger charge is 2.27. The van der Waals surface area contributed by atoms with Crippen LogP contribution in [-0.2, 0) is 4.74 Å². The summed E-state index contributed by atoms with van der Waals surface area (Å²) in [5, 5.41) is 3.41. The fraction of sp³-hybridized carbons (Fsp3) is 0.625. The molecule has 1 fully saturated rings. The van der Waals surface area contributed by atoms with E-state index < -0.39 is 6.61 Å². The molecule has 1 aromatic carbocycles. The Labute approximate surface area is 124 Å². The van der Waals surface area contributed by atoms with E-state index in [-0.39, 0.29) is 11.8 Å². The van der Waals surface area contributed by atoms with Crippen LogP contribution in [0.2, 0.25) is 0 Å². The lowest BCUT2D eigenvalue weighted by Crippen LogP contribution is -2.30. The maximum Gasteiger partial charge on any atom is 0.387 e. The first-order valence-corrected chi connectivity index (χ1v) is 7.50. The Morgan fingerprint density at radius 1 is 1.38 bits per heavy atom. The number of rotatable bonds is 7. The number of hydrogen-bond acceptors (Lipinski definition) is 3. The third-order valence-electron chi connectivity index (χ3n) is 4.04. The molecule has 3 nitrogen and oxygen atoms in total. The summed E-state index contributed by atoms with van der Waals surface area (Å²) in [6, 6.07) is 6.88. The summed E-state index contributed by atoms with van der Waals surface area (Å²) in [6.45, 7) is 2.92. The van der Waals surface area contributed by atoms with Crippen molar-refractivity contribution in [3.8, 4) is 5.75 Å². The highest BCUT2D eigenvalue weighted by Crippen LogP contribution is 2.28. The molecule has 1 N–H and O–H groups in total. The molecule has 0 aromatic heterocycles. The monoisotopic (exact) mass is 299 g/mol. The van der Waals surface area contributed by atoms with Gasteiger partial charge in [0.05, 0.1) is 6.10 Å². The van der Waals surface area contributed by atoms with Gasteiger partial charge >= 0.3 is 6.61 Å². The quantitative estimate of drug-likeness (QED) is 0.831. The summed E-state index contributed by atoms with van der Waals surface area (Å²) >= 11 is 0. The Kier molecular flexibility index (Phi) is 5.94. The Morgan fingerprint density at radius 2 is 2.14 bits per heavy atom. The average Bonchev–Trinajstić information content (AvgIpc) is 2.92. The van der Waals surface area contributed by atoms with Gasteiger partial charge < -0.3 is 14.8 Å². The van der Waals surface area contributed by atoms with Gasteiger partial charge in [-0.2, -0.15) is 8.78 Å². The summed E-state index contributed by atoms with van der Waals surface area (Å²) in [7, 11) is 0. The lowest BCUT2D eigenvalue weighted by atomic mass is 9.98. The maximum atomic E-state index is 12.4. The standard InChI is InChI=1S/C16H23F2NO2/c1-3-14-12(8-9-20-14)10-19-11(2)13-6-4-5-7-15(13)21-16(17)18/h4-7,11-12,14,16,19H,3,8-10H2,1-2H3. The minimum atomic E-state index is -2.80. The molecule has 1 aromatic rings. The van der Waals surface area contributed by atoms with Crippen molar-refractivity contribution in [2.45, 2.75) is 45.4 Å². The number of alkyl halides is 2. The largest absolute Gasteiger partial charge is 0.434 e. The predicted molar refractivity (Wildman–Crippen MR) is 77.6 cm³/mol. The van der Waals surface area contributed by atoms with E-state index >= 15 is 0 Å². The molecule has 21 heavy (non-hydrogen) atoms. The van der Waals surface area contributed by atoms with Gasteiger partial charge in [-0.05, 0) is 31.7 Å². The van der Waals surface area contributed by atoms with Crippen LogP contribution in [0.3, 0.4) is 0 Å². The van der Waals surface area contributed by atoms with E-state index in [1.165, 1.54) is 0 Å². The molecule has 3 unspecified atom stereocenters. The summed E-state index contributed by atoms with van der Waals surface area (Å²) < 4.78 is 35.1. The summed E-state index contributed by atoms with van der Waals surface area (Å²) in [6.07, 6.45) is 2.36. The molecular weight excluding hydrogens is 276 g/mol. The van der Waals surface area contributed by atoms with Gasteiger partial charge in [0.2, 0.25) is 0 Å². The van der Waals surface area contributed by atoms with Crippen molar-refractivity contribution in [2.75, 3.05) is 13.2 Å². The molecule has 0 bridgehead atoms. The van der Waals surface area contributed by atoms with Crippen LogP contribution in [0.5, 0.6) is 5.75 Å². The number of benzene rings is 1. The molecule has 118 valence electrons. The average molecular weight is 299 g/mol. The van der Waals surface area contributed by atoms with Crippen LogP contribution in [0, 0.1) is 5.92 Å². The lowest BCUT2D eigenvalue weighted by molar-refractivity contribution is -0.0506. The summed E-state index contributed by atoms with van der Waals surface area (Å²) in [5.74, 6) is 0.725. The highest BCUT2D eigenvalue weighted by molar-refractivity contribution is 5.35. The molecule has 0 amide bonds. The van der Waals surface area contributed by atoms with Gasteiger partial charge in [-0.25, -0.2) is 0 Å². The number of para-hydroxylation sites is 1. The van der Waals surface area contributed by atoms with E-state index in [2.05, 4.69) is 17.0 Å². The van der Waals surface area contributed by atoms with E-state index in [0.29, 0.717) is 12.0 Å². The van der Waals surface area contributed by atoms with Crippen LogP contribution in [0.4, 0.5) is 8.78 Å². The fourth-order valence-electron chi connectivity index (χ4n) is 2.86. The van der Waals surface area contributed by atoms with Crippen molar-refractivity contribution in [1.82, 2.24) is 5.32 Å². The molecular formula is C16H23F2NO2. The second-order valence-corrected chi connectivity index (χ2v) is 5.41. The minimum absolute atomic E-state index is 0.0435. The van der Waals surface area contributed by atoms with Gasteiger partial charge in [0.25, 0.3) is 0 Å². The van der Waals surface area contributed by atoms with E-state index in [0.717, 1.165) is 31.6 Å². The molecule has 1 heterocycles. The molecule has 0 saturated carbocycles. The molecule has 1 aliphatic heterocycles. The van der Waals surface area contributed by atoms with Crippen LogP contribution in [-0.4, -0.2) is 25.9 Å². The van der Waals surface area contributed by atoms with Crippen molar-refractivity contribution in [1.29, 1.82) is 0 Å². The van der Waals surface area contributed by atoms with Crippen LogP contribution >= 0.6 is 0 Å². The van der Waals surface area contributed by atoms with Gasteiger partial charge in [-0.15, -0.1) is 0 Å². The van der Waals surface area contributed by atoms with Crippen LogP contribution in [0.15, 0.2) is 24.3 Å². The van der Waals surface area contributed by atoms with Crippen molar-refractivity contribution in [3.63, 3.8) is 0 Å². The lowest BCUT2D eigenvalue weighted by Gasteiger charge is -2.22. The van der Waals surface area contributed by atoms with Crippen molar-refractivity contribution < 1.29 is 18.3 Å². The first-order chi connectivity index (χ1) is 10.1. The SMILES string of the molecule is CCC1OCCC1CNC(C)c1ccccc1OC(F)F. The van der Waals surface area contributed by atoms with E-state index in [1.807, 2.05) is 19.1 Å². The number of halogens is 2. The van der Waals surface area contributed by atoms with E-state index in [1.54, 1.807) is 12.1 Å². The zero-order valence-corrected chi connectivity index (χ0v) is 12.5. The van der Waals surface area contributed by atoms with Crippen molar-refractivity contribution in [3.05, 3.63) is 29.8 Å². The Balaban J connectivity index is 1.95. The van der Waals surface area contributed by atoms with E-state index in [9.17, 15) is 8.78 Å². The second-order valence-electron chi connectivity index (χ2n) is 5.41.